The van der Waals surface area contributed by atoms with E-state index in [1.165, 1.54) is 6.07 Å². The van der Waals surface area contributed by atoms with Crippen molar-refractivity contribution in [1.29, 1.82) is 0 Å². The van der Waals surface area contributed by atoms with Crippen molar-refractivity contribution in [3.8, 4) is 28.7 Å². The lowest BCUT2D eigenvalue weighted by Gasteiger charge is -2.26. The Labute approximate surface area is 138 Å². The zero-order valence-electron chi connectivity index (χ0n) is 13.0. The molecule has 0 saturated carbocycles. The van der Waals surface area contributed by atoms with E-state index in [-0.39, 0.29) is 42.0 Å². The van der Waals surface area contributed by atoms with Crippen LogP contribution in [0.15, 0.2) is 24.3 Å². The number of benzene rings is 2. The zero-order chi connectivity index (χ0) is 16.8. The highest BCUT2D eigenvalue weighted by Gasteiger charge is 2.33. The highest BCUT2D eigenvalue weighted by Crippen LogP contribution is 2.42. The van der Waals surface area contributed by atoms with E-state index in [0.717, 1.165) is 5.56 Å². The van der Waals surface area contributed by atoms with E-state index in [1.54, 1.807) is 6.92 Å². The van der Waals surface area contributed by atoms with Crippen LogP contribution in [0.2, 0.25) is 0 Å². The SMILES string of the molecule is Cc1c(O)cc(O)c2c1OCC(Cc1ccc3c(c1)OCO3)C2=O. The third-order valence-corrected chi connectivity index (χ3v) is 4.45. The third-order valence-electron chi connectivity index (χ3n) is 4.45. The average molecular weight is 328 g/mol. The van der Waals surface area contributed by atoms with E-state index in [4.69, 9.17) is 14.2 Å². The molecule has 0 amide bonds. The molecule has 1 unspecified atom stereocenters. The number of hydrogen-bond acceptors (Lipinski definition) is 6. The van der Waals surface area contributed by atoms with Crippen LogP contribution in [0.1, 0.15) is 21.5 Å². The second kappa shape index (κ2) is 5.33. The molecule has 0 aliphatic carbocycles. The summed E-state index contributed by atoms with van der Waals surface area (Å²) in [6.45, 7) is 2.05. The average Bonchev–Trinajstić information content (AvgIpc) is 3.02. The molecule has 0 spiro atoms. The number of phenolic OH excluding ortho intramolecular Hbond substituents is 2. The first-order valence-corrected chi connectivity index (χ1v) is 7.65. The lowest BCUT2D eigenvalue weighted by atomic mass is 9.88. The second-order valence-electron chi connectivity index (χ2n) is 6.01. The van der Waals surface area contributed by atoms with Gasteiger partial charge >= 0.3 is 0 Å². The quantitative estimate of drug-likeness (QED) is 0.881. The molecule has 0 bridgehead atoms. The van der Waals surface area contributed by atoms with E-state index in [9.17, 15) is 15.0 Å². The van der Waals surface area contributed by atoms with Gasteiger partial charge in [0, 0.05) is 11.6 Å². The van der Waals surface area contributed by atoms with Crippen molar-refractivity contribution < 1.29 is 29.2 Å². The van der Waals surface area contributed by atoms with Crippen LogP contribution in [0.4, 0.5) is 0 Å². The summed E-state index contributed by atoms with van der Waals surface area (Å²) in [6, 6.07) is 6.74. The summed E-state index contributed by atoms with van der Waals surface area (Å²) in [5.74, 6) is 0.683. The molecule has 2 aromatic rings. The summed E-state index contributed by atoms with van der Waals surface area (Å²) in [6.07, 6.45) is 0.467. The normalized spacial score (nSPS) is 18.2. The van der Waals surface area contributed by atoms with Gasteiger partial charge in [0.15, 0.2) is 17.3 Å². The molecule has 6 heteroatoms. The van der Waals surface area contributed by atoms with Gasteiger partial charge in [-0.1, -0.05) is 6.07 Å². The Balaban J connectivity index is 1.63. The number of carbonyl (C=O) groups is 1. The minimum atomic E-state index is -0.410. The maximum Gasteiger partial charge on any atom is 0.231 e. The molecular weight excluding hydrogens is 312 g/mol. The van der Waals surface area contributed by atoms with Gasteiger partial charge in [-0.2, -0.15) is 0 Å². The number of phenols is 2. The largest absolute Gasteiger partial charge is 0.507 e. The molecule has 0 radical (unpaired) electrons. The molecule has 2 aromatic carbocycles. The predicted octanol–water partition coefficient (Wildman–Crippen LogP) is 2.57. The van der Waals surface area contributed by atoms with Crippen LogP contribution in [0.3, 0.4) is 0 Å². The Morgan fingerprint density at radius 1 is 1.08 bits per heavy atom. The number of fused-ring (bicyclic) bond motifs is 2. The third kappa shape index (κ3) is 2.22. The first-order chi connectivity index (χ1) is 11.5. The van der Waals surface area contributed by atoms with Gasteiger partial charge in [-0.15, -0.1) is 0 Å². The smallest absolute Gasteiger partial charge is 0.231 e. The molecule has 4 rings (SSSR count). The maximum absolute atomic E-state index is 12.8. The van der Waals surface area contributed by atoms with Crippen LogP contribution in [0, 0.1) is 12.8 Å². The zero-order valence-corrected chi connectivity index (χ0v) is 13.0. The van der Waals surface area contributed by atoms with Crippen molar-refractivity contribution in [3.63, 3.8) is 0 Å². The topological polar surface area (TPSA) is 85.2 Å². The number of aromatic hydroxyl groups is 2. The fourth-order valence-electron chi connectivity index (χ4n) is 3.12. The van der Waals surface area contributed by atoms with Crippen molar-refractivity contribution in [1.82, 2.24) is 0 Å². The summed E-state index contributed by atoms with van der Waals surface area (Å²) in [5.41, 5.74) is 1.53. The number of ketones is 1. The fourth-order valence-corrected chi connectivity index (χ4v) is 3.12. The van der Waals surface area contributed by atoms with Crippen molar-refractivity contribution >= 4 is 5.78 Å². The van der Waals surface area contributed by atoms with Gasteiger partial charge < -0.3 is 24.4 Å². The van der Waals surface area contributed by atoms with Gasteiger partial charge in [-0.3, -0.25) is 4.79 Å². The van der Waals surface area contributed by atoms with E-state index in [1.807, 2.05) is 18.2 Å². The van der Waals surface area contributed by atoms with Gasteiger partial charge in [0.1, 0.15) is 22.8 Å². The van der Waals surface area contributed by atoms with Crippen molar-refractivity contribution in [3.05, 3.63) is 41.0 Å². The van der Waals surface area contributed by atoms with Crippen LogP contribution in [-0.2, 0) is 6.42 Å². The van der Waals surface area contributed by atoms with Crippen molar-refractivity contribution in [2.45, 2.75) is 13.3 Å². The molecule has 2 heterocycles. The molecule has 124 valence electrons. The van der Waals surface area contributed by atoms with Gasteiger partial charge in [0.05, 0.1) is 12.5 Å². The second-order valence-corrected chi connectivity index (χ2v) is 6.01. The van der Waals surface area contributed by atoms with Crippen LogP contribution in [0.5, 0.6) is 28.7 Å². The van der Waals surface area contributed by atoms with Crippen LogP contribution in [0.25, 0.3) is 0 Å². The van der Waals surface area contributed by atoms with Crippen LogP contribution >= 0.6 is 0 Å². The van der Waals surface area contributed by atoms with Gasteiger partial charge in [0.2, 0.25) is 6.79 Å². The number of ether oxygens (including phenoxy) is 3. The van der Waals surface area contributed by atoms with E-state index in [2.05, 4.69) is 0 Å². The minimum absolute atomic E-state index is 0.0896. The van der Waals surface area contributed by atoms with Gasteiger partial charge in [-0.25, -0.2) is 0 Å². The standard InChI is InChI=1S/C18H16O6/c1-9-12(19)6-13(20)16-17(21)11(7-22-18(9)16)4-10-2-3-14-15(5-10)24-8-23-14/h2-3,5-6,11,19-20H,4,7-8H2,1H3. The molecule has 0 saturated heterocycles. The Morgan fingerprint density at radius 3 is 2.71 bits per heavy atom. The Hall–Kier alpha value is -2.89. The van der Waals surface area contributed by atoms with Crippen molar-refractivity contribution in [2.24, 2.45) is 5.92 Å². The van der Waals surface area contributed by atoms with Gasteiger partial charge in [-0.05, 0) is 31.0 Å². The summed E-state index contributed by atoms with van der Waals surface area (Å²) >= 11 is 0. The Morgan fingerprint density at radius 2 is 1.88 bits per heavy atom. The molecule has 2 N–H and O–H groups in total. The van der Waals surface area contributed by atoms with E-state index in [0.29, 0.717) is 23.5 Å². The minimum Gasteiger partial charge on any atom is -0.507 e. The molecule has 2 aliphatic rings. The number of carbonyl (C=O) groups excluding carboxylic acids is 1. The maximum atomic E-state index is 12.8. The molecule has 2 aliphatic heterocycles. The van der Waals surface area contributed by atoms with Crippen LogP contribution in [-0.4, -0.2) is 29.4 Å². The Bertz CT molecular complexity index is 842. The Kier molecular flexibility index (Phi) is 3.26. The van der Waals surface area contributed by atoms with Crippen LogP contribution < -0.4 is 14.2 Å². The number of rotatable bonds is 2. The van der Waals surface area contributed by atoms with E-state index < -0.39 is 5.92 Å². The highest BCUT2D eigenvalue weighted by atomic mass is 16.7. The highest BCUT2D eigenvalue weighted by molar-refractivity contribution is 6.04. The summed E-state index contributed by atoms with van der Waals surface area (Å²) in [4.78, 5) is 12.8. The fraction of sp³-hybridized carbons (Fsp3) is 0.278. The number of Topliss-reactive ketones (excluding diaryl/α,β-unsaturated/α-hetero) is 1. The summed E-state index contributed by atoms with van der Waals surface area (Å²) < 4.78 is 16.3. The molecule has 1 atom stereocenters. The predicted molar refractivity (Wildman–Crippen MR) is 84.1 cm³/mol. The first-order valence-electron chi connectivity index (χ1n) is 7.65. The van der Waals surface area contributed by atoms with Crippen molar-refractivity contribution in [2.75, 3.05) is 13.4 Å². The lowest BCUT2D eigenvalue weighted by Crippen LogP contribution is -2.30. The summed E-state index contributed by atoms with van der Waals surface area (Å²) in [5, 5.41) is 19.8. The van der Waals surface area contributed by atoms with E-state index >= 15 is 0 Å². The first kappa shape index (κ1) is 14.7. The van der Waals surface area contributed by atoms with Gasteiger partial charge in [0.25, 0.3) is 0 Å². The molecular formula is C18H16O6. The molecule has 24 heavy (non-hydrogen) atoms. The summed E-state index contributed by atoms with van der Waals surface area (Å²) in [7, 11) is 0. The lowest BCUT2D eigenvalue weighted by molar-refractivity contribution is 0.0824. The molecule has 0 fully saturated rings. The molecule has 0 aromatic heterocycles. The monoisotopic (exact) mass is 328 g/mol. The molecule has 6 nitrogen and oxygen atoms in total. The number of hydrogen-bond donors (Lipinski definition) is 2.